The third kappa shape index (κ3) is 2.49. The second-order valence-electron chi connectivity index (χ2n) is 3.06. The van der Waals surface area contributed by atoms with Gasteiger partial charge in [0.25, 0.3) is 0 Å². The first-order chi connectivity index (χ1) is 5.70. The second kappa shape index (κ2) is 4.04. The van der Waals surface area contributed by atoms with E-state index < -0.39 is 5.97 Å². The van der Waals surface area contributed by atoms with Gasteiger partial charge in [-0.05, 0) is 18.9 Å². The lowest BCUT2D eigenvalue weighted by Gasteiger charge is -2.01. The van der Waals surface area contributed by atoms with Crippen LogP contribution in [0, 0.1) is 5.92 Å². The van der Waals surface area contributed by atoms with Crippen LogP contribution in [0.3, 0.4) is 0 Å². The van der Waals surface area contributed by atoms with Crippen molar-refractivity contribution in [2.45, 2.75) is 25.7 Å². The summed E-state index contributed by atoms with van der Waals surface area (Å²) in [5, 5.41) is 8.27. The molecule has 3 nitrogen and oxygen atoms in total. The van der Waals surface area contributed by atoms with Crippen molar-refractivity contribution in [3.63, 3.8) is 0 Å². The molecular weight excluding hydrogens is 156 g/mol. The number of carbonyl (C=O) groups excluding carboxylic acids is 1. The maximum atomic E-state index is 11.2. The molecule has 12 heavy (non-hydrogen) atoms. The summed E-state index contributed by atoms with van der Waals surface area (Å²) >= 11 is 0. The Hall–Kier alpha value is -1.12. The van der Waals surface area contributed by atoms with Crippen molar-refractivity contribution in [3.05, 3.63) is 12.2 Å². The fourth-order valence-electron chi connectivity index (χ4n) is 1.50. The van der Waals surface area contributed by atoms with E-state index in [1.165, 1.54) is 6.08 Å². The van der Waals surface area contributed by atoms with Crippen LogP contribution >= 0.6 is 0 Å². The van der Waals surface area contributed by atoms with Crippen LogP contribution in [-0.4, -0.2) is 16.9 Å². The minimum atomic E-state index is -1.05. The Morgan fingerprint density at radius 1 is 1.17 bits per heavy atom. The van der Waals surface area contributed by atoms with E-state index in [9.17, 15) is 9.59 Å². The fraction of sp³-hybridized carbons (Fsp3) is 0.556. The summed E-state index contributed by atoms with van der Waals surface area (Å²) in [6.45, 7) is 0. The Morgan fingerprint density at radius 2 is 1.75 bits per heavy atom. The molecule has 0 aromatic heterocycles. The molecule has 0 amide bonds. The van der Waals surface area contributed by atoms with Crippen LogP contribution in [0.1, 0.15) is 25.7 Å². The number of carboxylic acid groups (broad SMARTS) is 1. The number of allylic oxidation sites excluding steroid dienone is 1. The Balaban J connectivity index is 2.42. The van der Waals surface area contributed by atoms with Crippen molar-refractivity contribution >= 4 is 11.8 Å². The van der Waals surface area contributed by atoms with Crippen LogP contribution in [0.15, 0.2) is 12.2 Å². The average Bonchev–Trinajstić information content (AvgIpc) is 2.51. The number of ketones is 1. The van der Waals surface area contributed by atoms with Gasteiger partial charge in [-0.2, -0.15) is 0 Å². The van der Waals surface area contributed by atoms with E-state index in [1.54, 1.807) is 0 Å². The maximum absolute atomic E-state index is 11.2. The number of rotatable bonds is 3. The average molecular weight is 168 g/mol. The molecule has 0 atom stereocenters. The minimum absolute atomic E-state index is 0.0325. The highest BCUT2D eigenvalue weighted by Crippen LogP contribution is 2.25. The molecule has 0 spiro atoms. The molecule has 66 valence electrons. The predicted molar refractivity (Wildman–Crippen MR) is 43.7 cm³/mol. The molecule has 1 aliphatic carbocycles. The zero-order chi connectivity index (χ0) is 8.97. The van der Waals surface area contributed by atoms with Gasteiger partial charge >= 0.3 is 5.97 Å². The largest absolute Gasteiger partial charge is 0.478 e. The smallest absolute Gasteiger partial charge is 0.328 e. The maximum Gasteiger partial charge on any atom is 0.328 e. The van der Waals surface area contributed by atoms with Gasteiger partial charge in [-0.3, -0.25) is 4.79 Å². The minimum Gasteiger partial charge on any atom is -0.478 e. The fourth-order valence-corrected chi connectivity index (χ4v) is 1.50. The lowest BCUT2D eigenvalue weighted by Crippen LogP contribution is -2.07. The lowest BCUT2D eigenvalue weighted by molar-refractivity contribution is -0.131. The van der Waals surface area contributed by atoms with Crippen molar-refractivity contribution in [2.24, 2.45) is 5.92 Å². The molecule has 0 bridgehead atoms. The molecule has 1 aliphatic rings. The molecule has 0 unspecified atom stereocenters. The van der Waals surface area contributed by atoms with Gasteiger partial charge in [-0.25, -0.2) is 4.79 Å². The number of carbonyl (C=O) groups is 2. The first-order valence-electron chi connectivity index (χ1n) is 4.15. The van der Waals surface area contributed by atoms with Crippen LogP contribution in [0.4, 0.5) is 0 Å². The third-order valence-corrected chi connectivity index (χ3v) is 2.15. The Labute approximate surface area is 71.1 Å². The van der Waals surface area contributed by atoms with Gasteiger partial charge in [-0.1, -0.05) is 12.8 Å². The first-order valence-corrected chi connectivity index (χ1v) is 4.15. The number of hydrogen-bond acceptors (Lipinski definition) is 2. The molecule has 0 heterocycles. The molecule has 1 saturated carbocycles. The van der Waals surface area contributed by atoms with Crippen molar-refractivity contribution in [1.82, 2.24) is 0 Å². The molecule has 1 fully saturated rings. The summed E-state index contributed by atoms with van der Waals surface area (Å²) in [5.41, 5.74) is 0. The van der Waals surface area contributed by atoms with Gasteiger partial charge < -0.3 is 5.11 Å². The summed E-state index contributed by atoms with van der Waals surface area (Å²) in [7, 11) is 0. The monoisotopic (exact) mass is 168 g/mol. The zero-order valence-corrected chi connectivity index (χ0v) is 6.82. The van der Waals surface area contributed by atoms with Crippen LogP contribution in [0.5, 0.6) is 0 Å². The Morgan fingerprint density at radius 3 is 2.25 bits per heavy atom. The van der Waals surface area contributed by atoms with E-state index in [2.05, 4.69) is 0 Å². The topological polar surface area (TPSA) is 54.4 Å². The Bertz CT molecular complexity index is 212. The van der Waals surface area contributed by atoms with Crippen LogP contribution < -0.4 is 0 Å². The highest BCUT2D eigenvalue weighted by Gasteiger charge is 2.20. The van der Waals surface area contributed by atoms with E-state index in [0.29, 0.717) is 0 Å². The van der Waals surface area contributed by atoms with Crippen LogP contribution in [-0.2, 0) is 9.59 Å². The zero-order valence-electron chi connectivity index (χ0n) is 6.82. The molecular formula is C9H12O3. The van der Waals surface area contributed by atoms with E-state index in [4.69, 9.17) is 5.11 Å². The number of aliphatic carboxylic acids is 1. The predicted octanol–water partition coefficient (Wildman–Crippen LogP) is 1.39. The van der Waals surface area contributed by atoms with Crippen molar-refractivity contribution in [1.29, 1.82) is 0 Å². The van der Waals surface area contributed by atoms with E-state index in [0.717, 1.165) is 31.8 Å². The lowest BCUT2D eigenvalue weighted by atomic mass is 10.0. The molecule has 1 N–H and O–H groups in total. The third-order valence-electron chi connectivity index (χ3n) is 2.15. The van der Waals surface area contributed by atoms with Gasteiger partial charge in [0.05, 0.1) is 0 Å². The van der Waals surface area contributed by atoms with Gasteiger partial charge in [0.15, 0.2) is 5.78 Å². The van der Waals surface area contributed by atoms with Gasteiger partial charge in [0.2, 0.25) is 0 Å². The van der Waals surface area contributed by atoms with Gasteiger partial charge in [0.1, 0.15) is 0 Å². The molecule has 0 aromatic carbocycles. The van der Waals surface area contributed by atoms with Crippen molar-refractivity contribution < 1.29 is 14.7 Å². The van der Waals surface area contributed by atoms with Crippen LogP contribution in [0.25, 0.3) is 0 Å². The first kappa shape index (κ1) is 8.97. The molecule has 0 aliphatic heterocycles. The summed E-state index contributed by atoms with van der Waals surface area (Å²) < 4.78 is 0. The van der Waals surface area contributed by atoms with Crippen LogP contribution in [0.2, 0.25) is 0 Å². The standard InChI is InChI=1S/C9H12O3/c10-8(5-6-9(11)12)7-3-1-2-4-7/h5-7H,1-4H2,(H,11,12)/b6-5+. The van der Waals surface area contributed by atoms with E-state index in [-0.39, 0.29) is 11.7 Å². The number of hydrogen-bond donors (Lipinski definition) is 1. The summed E-state index contributed by atoms with van der Waals surface area (Å²) in [4.78, 5) is 21.3. The second-order valence-corrected chi connectivity index (χ2v) is 3.06. The molecule has 0 aromatic rings. The van der Waals surface area contributed by atoms with Gasteiger partial charge in [0, 0.05) is 12.0 Å². The highest BCUT2D eigenvalue weighted by atomic mass is 16.4. The quantitative estimate of drug-likeness (QED) is 0.648. The molecule has 0 saturated heterocycles. The Kier molecular flexibility index (Phi) is 3.02. The molecule has 0 radical (unpaired) electrons. The highest BCUT2D eigenvalue weighted by molar-refractivity contribution is 5.96. The van der Waals surface area contributed by atoms with E-state index in [1.807, 2.05) is 0 Å². The van der Waals surface area contributed by atoms with Crippen molar-refractivity contribution in [3.8, 4) is 0 Å². The SMILES string of the molecule is O=C(O)/C=C/C(=O)C1CCCC1. The van der Waals surface area contributed by atoms with E-state index >= 15 is 0 Å². The summed E-state index contributed by atoms with van der Waals surface area (Å²) in [5.74, 6) is -1.00. The van der Waals surface area contributed by atoms with Gasteiger partial charge in [-0.15, -0.1) is 0 Å². The summed E-state index contributed by atoms with van der Waals surface area (Å²) in [6.07, 6.45) is 6.12. The summed E-state index contributed by atoms with van der Waals surface area (Å²) in [6, 6.07) is 0. The number of carboxylic acids is 1. The normalized spacial score (nSPS) is 18.7. The van der Waals surface area contributed by atoms with Crippen molar-refractivity contribution in [2.75, 3.05) is 0 Å². The molecule has 3 heteroatoms. The molecule has 1 rings (SSSR count).